The Hall–Kier alpha value is -1.68. The lowest BCUT2D eigenvalue weighted by molar-refractivity contribution is 1.22. The molecule has 3 aromatic rings. The third-order valence-electron chi connectivity index (χ3n) is 2.60. The van der Waals surface area contributed by atoms with Crippen LogP contribution in [0.4, 0.5) is 0 Å². The van der Waals surface area contributed by atoms with Gasteiger partial charge >= 0.3 is 0 Å². The lowest BCUT2D eigenvalue weighted by Gasteiger charge is -2.03. The van der Waals surface area contributed by atoms with Crippen molar-refractivity contribution >= 4 is 37.2 Å². The Balaban J connectivity index is 0.00000133. The van der Waals surface area contributed by atoms with Crippen molar-refractivity contribution < 1.29 is 0 Å². The van der Waals surface area contributed by atoms with Crippen molar-refractivity contribution in [2.45, 2.75) is 0 Å². The maximum atomic E-state index is 4.59. The van der Waals surface area contributed by atoms with Gasteiger partial charge in [0.1, 0.15) is 0 Å². The fraction of sp³-hybridized carbons (Fsp3) is 0. The average molecular weight is 343 g/mol. The molecule has 0 fully saturated rings. The Labute approximate surface area is 142 Å². The van der Waals surface area contributed by atoms with E-state index in [0.717, 1.165) is 22.8 Å². The molecule has 0 aliphatic rings. The van der Waals surface area contributed by atoms with Crippen molar-refractivity contribution in [3.63, 3.8) is 0 Å². The molecule has 3 rings (SSSR count). The van der Waals surface area contributed by atoms with Gasteiger partial charge in [-0.15, -0.1) is 37.2 Å². The van der Waals surface area contributed by atoms with Crippen molar-refractivity contribution in [3.05, 3.63) is 67.0 Å². The molecule has 0 amide bonds. The molecule has 21 heavy (non-hydrogen) atoms. The molecular formula is C15H14Cl3N3. The molecule has 0 aromatic carbocycles. The highest BCUT2D eigenvalue weighted by Gasteiger charge is 2.03. The van der Waals surface area contributed by atoms with Crippen LogP contribution in [0.2, 0.25) is 0 Å². The minimum atomic E-state index is 0. The predicted molar refractivity (Wildman–Crippen MR) is 92.4 cm³/mol. The number of nitrogens with zero attached hydrogens (tertiary/aromatic N) is 3. The first-order valence-electron chi connectivity index (χ1n) is 5.73. The Bertz CT molecular complexity index is 594. The van der Waals surface area contributed by atoms with E-state index in [1.807, 2.05) is 54.6 Å². The van der Waals surface area contributed by atoms with Gasteiger partial charge in [-0.1, -0.05) is 18.2 Å². The summed E-state index contributed by atoms with van der Waals surface area (Å²) in [7, 11) is 0. The fourth-order valence-corrected chi connectivity index (χ4v) is 1.75. The summed E-state index contributed by atoms with van der Waals surface area (Å²) in [4.78, 5) is 13.2. The van der Waals surface area contributed by atoms with Crippen LogP contribution in [0.25, 0.3) is 22.8 Å². The second-order valence-corrected chi connectivity index (χ2v) is 3.84. The lowest BCUT2D eigenvalue weighted by Crippen LogP contribution is -1.90. The molecule has 3 aromatic heterocycles. The Morgan fingerprint density at radius 1 is 0.476 bits per heavy atom. The number of pyridine rings is 3. The van der Waals surface area contributed by atoms with Crippen molar-refractivity contribution in [3.8, 4) is 22.8 Å². The summed E-state index contributed by atoms with van der Waals surface area (Å²) in [6.07, 6.45) is 3.54. The number of hydrogen-bond acceptors (Lipinski definition) is 3. The van der Waals surface area contributed by atoms with Gasteiger partial charge in [-0.2, -0.15) is 0 Å². The Morgan fingerprint density at radius 3 is 1.29 bits per heavy atom. The van der Waals surface area contributed by atoms with Gasteiger partial charge in [-0.25, -0.2) is 4.98 Å². The van der Waals surface area contributed by atoms with Gasteiger partial charge in [0, 0.05) is 12.4 Å². The van der Waals surface area contributed by atoms with Crippen LogP contribution in [-0.4, -0.2) is 15.0 Å². The van der Waals surface area contributed by atoms with Gasteiger partial charge in [0.15, 0.2) is 0 Å². The molecule has 0 radical (unpaired) electrons. The van der Waals surface area contributed by atoms with Crippen LogP contribution in [0.1, 0.15) is 0 Å². The van der Waals surface area contributed by atoms with Crippen molar-refractivity contribution in [2.24, 2.45) is 0 Å². The van der Waals surface area contributed by atoms with Crippen LogP contribution in [-0.2, 0) is 0 Å². The molecule has 0 saturated heterocycles. The van der Waals surface area contributed by atoms with E-state index in [9.17, 15) is 0 Å². The monoisotopic (exact) mass is 341 g/mol. The van der Waals surface area contributed by atoms with E-state index in [4.69, 9.17) is 0 Å². The highest BCUT2D eigenvalue weighted by atomic mass is 35.5. The molecule has 6 heteroatoms. The number of hydrogen-bond donors (Lipinski definition) is 0. The third-order valence-corrected chi connectivity index (χ3v) is 2.60. The Kier molecular flexibility index (Phi) is 8.55. The van der Waals surface area contributed by atoms with Crippen LogP contribution in [0, 0.1) is 0 Å². The minimum Gasteiger partial charge on any atom is -0.255 e. The molecule has 0 unspecified atom stereocenters. The summed E-state index contributed by atoms with van der Waals surface area (Å²) in [6.45, 7) is 0. The smallest absolute Gasteiger partial charge is 0.0894 e. The normalized spacial score (nSPS) is 8.76. The lowest BCUT2D eigenvalue weighted by atomic mass is 10.2. The van der Waals surface area contributed by atoms with E-state index in [-0.39, 0.29) is 37.2 Å². The molecule has 0 aliphatic heterocycles. The van der Waals surface area contributed by atoms with E-state index in [0.29, 0.717) is 0 Å². The highest BCUT2D eigenvalue weighted by molar-refractivity contribution is 5.86. The maximum Gasteiger partial charge on any atom is 0.0894 e. The van der Waals surface area contributed by atoms with E-state index in [1.165, 1.54) is 0 Å². The summed E-state index contributed by atoms with van der Waals surface area (Å²) in [5.41, 5.74) is 3.46. The molecule has 0 bridgehead atoms. The van der Waals surface area contributed by atoms with Crippen LogP contribution >= 0.6 is 37.2 Å². The zero-order valence-electron chi connectivity index (χ0n) is 10.9. The highest BCUT2D eigenvalue weighted by Crippen LogP contribution is 2.19. The van der Waals surface area contributed by atoms with E-state index >= 15 is 0 Å². The summed E-state index contributed by atoms with van der Waals surface area (Å²) < 4.78 is 0. The predicted octanol–water partition coefficient (Wildman–Crippen LogP) is 4.47. The van der Waals surface area contributed by atoms with Gasteiger partial charge in [-0.05, 0) is 36.4 Å². The second kappa shape index (κ2) is 9.29. The molecule has 3 heterocycles. The molecule has 0 N–H and O–H groups in total. The van der Waals surface area contributed by atoms with Gasteiger partial charge in [-0.3, -0.25) is 9.97 Å². The third kappa shape index (κ3) is 4.67. The van der Waals surface area contributed by atoms with Crippen LogP contribution < -0.4 is 0 Å². The minimum absolute atomic E-state index is 0. The quantitative estimate of drug-likeness (QED) is 0.689. The summed E-state index contributed by atoms with van der Waals surface area (Å²) in [5, 5.41) is 0. The van der Waals surface area contributed by atoms with E-state index in [1.54, 1.807) is 12.4 Å². The van der Waals surface area contributed by atoms with E-state index < -0.39 is 0 Å². The maximum absolute atomic E-state index is 4.59. The van der Waals surface area contributed by atoms with E-state index in [2.05, 4.69) is 15.0 Å². The summed E-state index contributed by atoms with van der Waals surface area (Å²) >= 11 is 0. The SMILES string of the molecule is Cl.Cl.Cl.c1ccc(-c2cccc(-c3ccccn3)n2)nc1. The van der Waals surface area contributed by atoms with Crippen LogP contribution in [0.5, 0.6) is 0 Å². The zero-order chi connectivity index (χ0) is 12.2. The molecule has 110 valence electrons. The van der Waals surface area contributed by atoms with Gasteiger partial charge < -0.3 is 0 Å². The molecular weight excluding hydrogens is 329 g/mol. The first-order valence-corrected chi connectivity index (χ1v) is 5.73. The standard InChI is InChI=1S/C15H11N3.3ClH/c1-3-10-16-12(6-1)14-8-5-9-15(18-14)13-7-2-4-11-17-13;;;/h1-11H;3*1H. The van der Waals surface area contributed by atoms with Crippen molar-refractivity contribution in [1.82, 2.24) is 15.0 Å². The largest absolute Gasteiger partial charge is 0.255 e. The van der Waals surface area contributed by atoms with Crippen molar-refractivity contribution in [1.29, 1.82) is 0 Å². The average Bonchev–Trinajstić information content (AvgIpc) is 2.49. The topological polar surface area (TPSA) is 38.7 Å². The van der Waals surface area contributed by atoms with Crippen LogP contribution in [0.15, 0.2) is 67.0 Å². The van der Waals surface area contributed by atoms with Crippen LogP contribution in [0.3, 0.4) is 0 Å². The van der Waals surface area contributed by atoms with Gasteiger partial charge in [0.05, 0.1) is 22.8 Å². The first-order chi connectivity index (χ1) is 8.93. The van der Waals surface area contributed by atoms with Crippen molar-refractivity contribution in [2.75, 3.05) is 0 Å². The fourth-order valence-electron chi connectivity index (χ4n) is 1.75. The molecule has 0 atom stereocenters. The molecule has 0 saturated carbocycles. The van der Waals surface area contributed by atoms with Gasteiger partial charge in [0.2, 0.25) is 0 Å². The number of aromatic nitrogens is 3. The van der Waals surface area contributed by atoms with Gasteiger partial charge in [0.25, 0.3) is 0 Å². The Morgan fingerprint density at radius 2 is 0.905 bits per heavy atom. The second-order valence-electron chi connectivity index (χ2n) is 3.84. The number of halogens is 3. The number of rotatable bonds is 2. The first kappa shape index (κ1) is 19.3. The molecule has 0 aliphatic carbocycles. The molecule has 0 spiro atoms. The zero-order valence-corrected chi connectivity index (χ0v) is 13.4. The molecule has 3 nitrogen and oxygen atoms in total. The summed E-state index contributed by atoms with van der Waals surface area (Å²) in [5.74, 6) is 0. The summed E-state index contributed by atoms with van der Waals surface area (Å²) in [6, 6.07) is 17.5.